The minimum Gasteiger partial charge on any atom is -0.361 e. The number of aromatic nitrogens is 3. The molecule has 140 valence electrons. The second-order valence-corrected chi connectivity index (χ2v) is 7.74. The van der Waals surface area contributed by atoms with E-state index >= 15 is 0 Å². The van der Waals surface area contributed by atoms with Gasteiger partial charge in [0, 0.05) is 45.6 Å². The Morgan fingerprint density at radius 1 is 0.893 bits per heavy atom. The average Bonchev–Trinajstić information content (AvgIpc) is 3.37. The van der Waals surface area contributed by atoms with E-state index in [2.05, 4.69) is 60.0 Å². The minimum atomic E-state index is -0.234. The van der Waals surface area contributed by atoms with Gasteiger partial charge in [-0.2, -0.15) is 0 Å². The van der Waals surface area contributed by atoms with Crippen molar-refractivity contribution in [3.63, 3.8) is 0 Å². The molecule has 0 amide bonds. The van der Waals surface area contributed by atoms with E-state index in [-0.39, 0.29) is 11.7 Å². The van der Waals surface area contributed by atoms with Crippen LogP contribution in [0.4, 0.5) is 4.39 Å². The first-order chi connectivity index (χ1) is 13.5. The fraction of sp³-hybridized carbons (Fsp3) is 0.167. The van der Waals surface area contributed by atoms with Gasteiger partial charge in [-0.05, 0) is 65.8 Å². The maximum Gasteiger partial charge on any atom is 0.125 e. The number of nitrogens with one attached hydrogen (secondary N) is 3. The molecule has 5 aromatic rings. The number of benzene rings is 2. The largest absolute Gasteiger partial charge is 0.361 e. The van der Waals surface area contributed by atoms with E-state index in [1.807, 2.05) is 18.5 Å². The lowest BCUT2D eigenvalue weighted by molar-refractivity contribution is 0.630. The molecule has 0 fully saturated rings. The van der Waals surface area contributed by atoms with E-state index in [9.17, 15) is 4.39 Å². The van der Waals surface area contributed by atoms with Crippen molar-refractivity contribution in [1.29, 1.82) is 0 Å². The first-order valence-corrected chi connectivity index (χ1v) is 9.60. The predicted molar refractivity (Wildman–Crippen MR) is 114 cm³/mol. The minimum absolute atomic E-state index is 0.234. The number of hydrogen-bond donors (Lipinski definition) is 3. The lowest BCUT2D eigenvalue weighted by Crippen LogP contribution is -1.94. The zero-order valence-electron chi connectivity index (χ0n) is 16.2. The molecule has 0 saturated heterocycles. The van der Waals surface area contributed by atoms with Crippen LogP contribution in [0, 0.1) is 12.7 Å². The van der Waals surface area contributed by atoms with Crippen molar-refractivity contribution in [2.75, 3.05) is 0 Å². The first kappa shape index (κ1) is 16.9. The number of hydrogen-bond acceptors (Lipinski definition) is 0. The van der Waals surface area contributed by atoms with Crippen molar-refractivity contribution < 1.29 is 4.39 Å². The SMILES string of the molecule is Cc1[nH]c(-c2cc(F)cc3[nH]ccc23)c(C(C)C)c1-c1ccc2[nH]ccc2c1. The maximum absolute atomic E-state index is 14.3. The third-order valence-electron chi connectivity index (χ3n) is 5.55. The summed E-state index contributed by atoms with van der Waals surface area (Å²) in [4.78, 5) is 9.96. The molecule has 0 atom stereocenters. The van der Waals surface area contributed by atoms with E-state index in [4.69, 9.17) is 0 Å². The molecule has 0 aliphatic rings. The summed E-state index contributed by atoms with van der Waals surface area (Å²) in [6.45, 7) is 6.48. The van der Waals surface area contributed by atoms with Gasteiger partial charge in [-0.3, -0.25) is 0 Å². The van der Waals surface area contributed by atoms with Crippen LogP contribution >= 0.6 is 0 Å². The topological polar surface area (TPSA) is 47.4 Å². The van der Waals surface area contributed by atoms with E-state index < -0.39 is 0 Å². The summed E-state index contributed by atoms with van der Waals surface area (Å²) in [6, 6.07) is 13.8. The van der Waals surface area contributed by atoms with Crippen LogP contribution in [0.3, 0.4) is 0 Å². The van der Waals surface area contributed by atoms with Crippen LogP contribution in [0.1, 0.15) is 31.0 Å². The maximum atomic E-state index is 14.3. The van der Waals surface area contributed by atoms with Crippen LogP contribution in [0.15, 0.2) is 54.9 Å². The van der Waals surface area contributed by atoms with Gasteiger partial charge in [0.1, 0.15) is 5.82 Å². The van der Waals surface area contributed by atoms with Gasteiger partial charge in [0.25, 0.3) is 0 Å². The van der Waals surface area contributed by atoms with E-state index in [0.717, 1.165) is 33.4 Å². The summed E-state index contributed by atoms with van der Waals surface area (Å²) in [6.07, 6.45) is 3.82. The molecule has 3 nitrogen and oxygen atoms in total. The molecule has 5 rings (SSSR count). The van der Waals surface area contributed by atoms with Gasteiger partial charge in [0.15, 0.2) is 0 Å². The van der Waals surface area contributed by atoms with Crippen LogP contribution in [0.2, 0.25) is 0 Å². The molecule has 0 saturated carbocycles. The van der Waals surface area contributed by atoms with E-state index in [0.29, 0.717) is 0 Å². The molecule has 3 N–H and O–H groups in total. The highest BCUT2D eigenvalue weighted by Gasteiger charge is 2.22. The normalized spacial score (nSPS) is 11.9. The number of aryl methyl sites for hydroxylation is 1. The summed E-state index contributed by atoms with van der Waals surface area (Å²) < 4.78 is 14.3. The number of halogens is 1. The summed E-state index contributed by atoms with van der Waals surface area (Å²) >= 11 is 0. The number of rotatable bonds is 3. The van der Waals surface area contributed by atoms with Crippen molar-refractivity contribution in [2.24, 2.45) is 0 Å². The molecule has 0 unspecified atom stereocenters. The van der Waals surface area contributed by atoms with Crippen LogP contribution in [-0.4, -0.2) is 15.0 Å². The van der Waals surface area contributed by atoms with Crippen molar-refractivity contribution in [3.8, 4) is 22.4 Å². The van der Waals surface area contributed by atoms with E-state index in [1.165, 1.54) is 22.1 Å². The highest BCUT2D eigenvalue weighted by atomic mass is 19.1. The number of fused-ring (bicyclic) bond motifs is 2. The molecule has 3 heterocycles. The summed E-state index contributed by atoms with van der Waals surface area (Å²) in [5.74, 6) is 0.0522. The fourth-order valence-electron chi connectivity index (χ4n) is 4.35. The van der Waals surface area contributed by atoms with Crippen LogP contribution in [0.25, 0.3) is 44.2 Å². The van der Waals surface area contributed by atoms with Crippen LogP contribution < -0.4 is 0 Å². The molecule has 3 aromatic heterocycles. The Kier molecular flexibility index (Phi) is 3.69. The Morgan fingerprint density at radius 2 is 1.68 bits per heavy atom. The molecule has 2 aromatic carbocycles. The Hall–Kier alpha value is -3.27. The highest BCUT2D eigenvalue weighted by Crippen LogP contribution is 2.42. The lowest BCUT2D eigenvalue weighted by Gasteiger charge is -2.13. The van der Waals surface area contributed by atoms with Crippen molar-refractivity contribution in [3.05, 3.63) is 71.9 Å². The Balaban J connectivity index is 1.80. The second kappa shape index (κ2) is 6.13. The zero-order chi connectivity index (χ0) is 19.4. The van der Waals surface area contributed by atoms with Crippen LogP contribution in [0.5, 0.6) is 0 Å². The molecule has 0 bridgehead atoms. The molecule has 0 aliphatic heterocycles. The molecule has 28 heavy (non-hydrogen) atoms. The Bertz CT molecular complexity index is 1320. The van der Waals surface area contributed by atoms with Gasteiger partial charge in [-0.1, -0.05) is 19.9 Å². The van der Waals surface area contributed by atoms with Gasteiger partial charge < -0.3 is 15.0 Å². The molecule has 0 spiro atoms. The highest BCUT2D eigenvalue weighted by molar-refractivity contribution is 5.97. The third kappa shape index (κ3) is 2.48. The van der Waals surface area contributed by atoms with Gasteiger partial charge >= 0.3 is 0 Å². The zero-order valence-corrected chi connectivity index (χ0v) is 16.2. The average molecular weight is 371 g/mol. The van der Waals surface area contributed by atoms with Gasteiger partial charge in [-0.15, -0.1) is 0 Å². The quantitative estimate of drug-likeness (QED) is 0.309. The standard InChI is InChI=1S/C24H22FN3/c1-13(2)22-23(16-4-5-20-15(10-16)6-8-26-20)14(3)28-24(22)19-11-17(25)12-21-18(19)7-9-27-21/h4-13,26-28H,1-3H3. The molecular formula is C24H22FN3. The Labute approximate surface area is 162 Å². The Morgan fingerprint density at radius 3 is 2.50 bits per heavy atom. The molecule has 0 aliphatic carbocycles. The lowest BCUT2D eigenvalue weighted by atomic mass is 9.90. The van der Waals surface area contributed by atoms with Crippen molar-refractivity contribution in [2.45, 2.75) is 26.7 Å². The van der Waals surface area contributed by atoms with Crippen LogP contribution in [-0.2, 0) is 0 Å². The molecule has 0 radical (unpaired) electrons. The summed E-state index contributed by atoms with van der Waals surface area (Å²) in [5.41, 5.74) is 8.55. The monoisotopic (exact) mass is 371 g/mol. The van der Waals surface area contributed by atoms with Gasteiger partial charge in [-0.25, -0.2) is 4.39 Å². The van der Waals surface area contributed by atoms with Gasteiger partial charge in [0.05, 0.1) is 5.69 Å². The number of H-pyrrole nitrogens is 3. The third-order valence-corrected chi connectivity index (χ3v) is 5.55. The summed E-state index contributed by atoms with van der Waals surface area (Å²) in [5, 5.41) is 2.21. The second-order valence-electron chi connectivity index (χ2n) is 7.74. The van der Waals surface area contributed by atoms with Crippen molar-refractivity contribution >= 4 is 21.8 Å². The number of aromatic amines is 3. The van der Waals surface area contributed by atoms with E-state index in [1.54, 1.807) is 12.1 Å². The molecular weight excluding hydrogens is 349 g/mol. The first-order valence-electron chi connectivity index (χ1n) is 9.60. The summed E-state index contributed by atoms with van der Waals surface area (Å²) in [7, 11) is 0. The molecule has 4 heteroatoms. The fourth-order valence-corrected chi connectivity index (χ4v) is 4.35. The van der Waals surface area contributed by atoms with Gasteiger partial charge in [0.2, 0.25) is 0 Å². The van der Waals surface area contributed by atoms with Crippen molar-refractivity contribution in [1.82, 2.24) is 15.0 Å². The predicted octanol–water partition coefficient (Wildman–Crippen LogP) is 6.88. The smallest absolute Gasteiger partial charge is 0.125 e.